The van der Waals surface area contributed by atoms with Gasteiger partial charge in [-0.3, -0.25) is 14.4 Å². The molecule has 6 atom stereocenters. The molecule has 2 aliphatic rings. The quantitative estimate of drug-likeness (QED) is 0.130. The molecular formula is C29H46F2O7. The number of carbonyl (C=O) groups is 3. The van der Waals surface area contributed by atoms with Crippen molar-refractivity contribution < 1.29 is 42.1 Å². The van der Waals surface area contributed by atoms with E-state index in [0.717, 1.165) is 51.0 Å². The highest BCUT2D eigenvalue weighted by molar-refractivity contribution is 5.95. The number of alkyl halides is 2. The monoisotopic (exact) mass is 544 g/mol. The van der Waals surface area contributed by atoms with Crippen LogP contribution in [0.15, 0.2) is 12.2 Å². The van der Waals surface area contributed by atoms with Crippen LogP contribution in [0.25, 0.3) is 0 Å². The Kier molecular flexibility index (Phi) is 13.9. The van der Waals surface area contributed by atoms with Crippen LogP contribution in [0.2, 0.25) is 0 Å². The third-order valence-corrected chi connectivity index (χ3v) is 7.68. The van der Waals surface area contributed by atoms with Crippen molar-refractivity contribution in [2.45, 2.75) is 122 Å². The number of rotatable bonds is 16. The third kappa shape index (κ3) is 10.0. The first-order chi connectivity index (χ1) is 18.1. The van der Waals surface area contributed by atoms with Crippen molar-refractivity contribution in [3.05, 3.63) is 12.2 Å². The van der Waals surface area contributed by atoms with E-state index in [1.165, 1.54) is 21.0 Å². The standard InChI is InChI=1S/C29H46F2O7/c1-5-12-20(2)29(30,31)26(33)17-16-23-22(13-8-6-7-9-14-27(34)35-4)24(37-21(3)32)19-25(23)38-28-15-10-11-18-36-28/h16-17,20,22-25,28H,5-15,18-19H2,1-4H3/t20-,22-,23-,24+,25-,28?/m1/s1. The Morgan fingerprint density at radius 3 is 2.47 bits per heavy atom. The molecule has 0 aromatic rings. The molecule has 0 radical (unpaired) electrons. The van der Waals surface area contributed by atoms with Crippen LogP contribution in [0.1, 0.15) is 97.8 Å². The minimum atomic E-state index is -3.45. The van der Waals surface area contributed by atoms with E-state index >= 15 is 0 Å². The van der Waals surface area contributed by atoms with Gasteiger partial charge in [0.2, 0.25) is 5.78 Å². The molecule has 2 fully saturated rings. The first kappa shape index (κ1) is 32.3. The molecular weight excluding hydrogens is 498 g/mol. The summed E-state index contributed by atoms with van der Waals surface area (Å²) in [6, 6.07) is 0. The predicted octanol–water partition coefficient (Wildman–Crippen LogP) is 6.18. The van der Waals surface area contributed by atoms with E-state index in [4.69, 9.17) is 14.2 Å². The minimum Gasteiger partial charge on any atom is -0.469 e. The normalized spacial score (nSPS) is 26.8. The summed E-state index contributed by atoms with van der Waals surface area (Å²) in [5.41, 5.74) is 0. The van der Waals surface area contributed by atoms with E-state index in [0.29, 0.717) is 32.3 Å². The zero-order valence-electron chi connectivity index (χ0n) is 23.4. The van der Waals surface area contributed by atoms with Crippen molar-refractivity contribution in [1.82, 2.24) is 0 Å². The van der Waals surface area contributed by atoms with Gasteiger partial charge in [-0.1, -0.05) is 45.6 Å². The fourth-order valence-corrected chi connectivity index (χ4v) is 5.51. The number of carbonyl (C=O) groups excluding carboxylic acids is 3. The molecule has 0 aromatic carbocycles. The number of methoxy groups -OCH3 is 1. The first-order valence-electron chi connectivity index (χ1n) is 14.2. The van der Waals surface area contributed by atoms with Crippen LogP contribution in [-0.4, -0.2) is 55.9 Å². The first-order valence-corrected chi connectivity index (χ1v) is 14.2. The Hall–Kier alpha value is -1.87. The molecule has 0 bridgehead atoms. The second-order valence-corrected chi connectivity index (χ2v) is 10.7. The summed E-state index contributed by atoms with van der Waals surface area (Å²) in [7, 11) is 1.37. The lowest BCUT2D eigenvalue weighted by Crippen LogP contribution is -2.35. The van der Waals surface area contributed by atoms with Crippen molar-refractivity contribution in [2.75, 3.05) is 13.7 Å². The Labute approximate surface area is 226 Å². The summed E-state index contributed by atoms with van der Waals surface area (Å²) in [5.74, 6) is -6.90. The van der Waals surface area contributed by atoms with E-state index in [1.807, 2.05) is 6.92 Å². The fraction of sp³-hybridized carbons (Fsp3) is 0.828. The smallest absolute Gasteiger partial charge is 0.311 e. The molecule has 1 aliphatic heterocycles. The maximum Gasteiger partial charge on any atom is 0.311 e. The van der Waals surface area contributed by atoms with Gasteiger partial charge in [0.1, 0.15) is 6.10 Å². The average Bonchev–Trinajstić information content (AvgIpc) is 3.19. The molecule has 7 nitrogen and oxygen atoms in total. The zero-order valence-corrected chi connectivity index (χ0v) is 23.4. The molecule has 38 heavy (non-hydrogen) atoms. The van der Waals surface area contributed by atoms with Crippen LogP contribution in [-0.2, 0) is 33.3 Å². The van der Waals surface area contributed by atoms with Crippen LogP contribution in [0.4, 0.5) is 8.78 Å². The molecule has 0 amide bonds. The Bertz CT molecular complexity index is 779. The van der Waals surface area contributed by atoms with E-state index in [9.17, 15) is 23.2 Å². The van der Waals surface area contributed by atoms with Crippen molar-refractivity contribution in [3.8, 4) is 0 Å². The van der Waals surface area contributed by atoms with Gasteiger partial charge in [-0.2, -0.15) is 8.78 Å². The number of allylic oxidation sites excluding steroid dienone is 1. The fourth-order valence-electron chi connectivity index (χ4n) is 5.51. The highest BCUT2D eigenvalue weighted by Gasteiger charge is 2.46. The zero-order chi connectivity index (χ0) is 28.1. The lowest BCUT2D eigenvalue weighted by molar-refractivity contribution is -0.193. The van der Waals surface area contributed by atoms with E-state index in [1.54, 1.807) is 6.08 Å². The van der Waals surface area contributed by atoms with Crippen molar-refractivity contribution in [1.29, 1.82) is 0 Å². The molecule has 1 aliphatic carbocycles. The van der Waals surface area contributed by atoms with Crippen molar-refractivity contribution >= 4 is 17.7 Å². The molecule has 1 heterocycles. The largest absolute Gasteiger partial charge is 0.469 e. The molecule has 2 rings (SSSR count). The maximum atomic E-state index is 14.7. The molecule has 0 aromatic heterocycles. The molecule has 1 saturated heterocycles. The number of hydrogen-bond donors (Lipinski definition) is 0. The maximum absolute atomic E-state index is 14.7. The molecule has 0 spiro atoms. The number of esters is 2. The topological polar surface area (TPSA) is 88.1 Å². The second-order valence-electron chi connectivity index (χ2n) is 10.7. The van der Waals surface area contributed by atoms with Gasteiger partial charge >= 0.3 is 17.9 Å². The second kappa shape index (κ2) is 16.3. The summed E-state index contributed by atoms with van der Waals surface area (Å²) in [6.07, 6.45) is 9.47. The van der Waals surface area contributed by atoms with Crippen LogP contribution in [0.5, 0.6) is 0 Å². The van der Waals surface area contributed by atoms with E-state index in [-0.39, 0.29) is 24.2 Å². The SMILES string of the molecule is CCC[C@@H](C)C(F)(F)C(=O)C=C[C@@H]1[C@@H](CCCCCCC(=O)OC)[C@@H](OC(C)=O)C[C@H]1OC1CCCCO1. The van der Waals surface area contributed by atoms with Gasteiger partial charge in [0.15, 0.2) is 6.29 Å². The molecule has 9 heteroatoms. The van der Waals surface area contributed by atoms with Crippen LogP contribution in [0, 0.1) is 17.8 Å². The summed E-state index contributed by atoms with van der Waals surface area (Å²) in [5, 5.41) is 0. The van der Waals surface area contributed by atoms with Crippen LogP contribution < -0.4 is 0 Å². The molecule has 0 N–H and O–H groups in total. The van der Waals surface area contributed by atoms with E-state index < -0.39 is 42.1 Å². The summed E-state index contributed by atoms with van der Waals surface area (Å²) in [6.45, 7) is 5.17. The number of halogens is 2. The Morgan fingerprint density at radius 2 is 1.84 bits per heavy atom. The van der Waals surface area contributed by atoms with Gasteiger partial charge in [0.25, 0.3) is 0 Å². The number of unbranched alkanes of at least 4 members (excludes halogenated alkanes) is 3. The van der Waals surface area contributed by atoms with E-state index in [2.05, 4.69) is 4.74 Å². The van der Waals surface area contributed by atoms with Crippen molar-refractivity contribution in [3.63, 3.8) is 0 Å². The lowest BCUT2D eigenvalue weighted by Gasteiger charge is -2.29. The number of hydrogen-bond acceptors (Lipinski definition) is 7. The third-order valence-electron chi connectivity index (χ3n) is 7.68. The molecule has 218 valence electrons. The number of ketones is 1. The van der Waals surface area contributed by atoms with Gasteiger partial charge in [-0.25, -0.2) is 0 Å². The van der Waals surface area contributed by atoms with Crippen molar-refractivity contribution in [2.24, 2.45) is 17.8 Å². The molecule has 1 saturated carbocycles. The van der Waals surface area contributed by atoms with Gasteiger partial charge < -0.3 is 18.9 Å². The van der Waals surface area contributed by atoms with Gasteiger partial charge in [0.05, 0.1) is 13.2 Å². The van der Waals surface area contributed by atoms with Gasteiger partial charge in [-0.05, 0) is 44.6 Å². The molecule has 1 unspecified atom stereocenters. The van der Waals surface area contributed by atoms with Gasteiger partial charge in [-0.15, -0.1) is 0 Å². The van der Waals surface area contributed by atoms with Gasteiger partial charge in [0, 0.05) is 44.1 Å². The minimum absolute atomic E-state index is 0.182. The van der Waals surface area contributed by atoms with Crippen LogP contribution >= 0.6 is 0 Å². The summed E-state index contributed by atoms with van der Waals surface area (Å²) >= 11 is 0. The highest BCUT2D eigenvalue weighted by Crippen LogP contribution is 2.42. The number of ether oxygens (including phenoxy) is 4. The predicted molar refractivity (Wildman–Crippen MR) is 138 cm³/mol. The summed E-state index contributed by atoms with van der Waals surface area (Å²) in [4.78, 5) is 35.8. The highest BCUT2D eigenvalue weighted by atomic mass is 19.3. The summed E-state index contributed by atoms with van der Waals surface area (Å²) < 4.78 is 51.8. The average molecular weight is 545 g/mol. The lowest BCUT2D eigenvalue weighted by atomic mass is 9.87. The van der Waals surface area contributed by atoms with Crippen LogP contribution in [0.3, 0.4) is 0 Å². The Balaban J connectivity index is 2.17. The Morgan fingerprint density at radius 1 is 1.11 bits per heavy atom.